The van der Waals surface area contributed by atoms with E-state index in [2.05, 4.69) is 20.7 Å². The van der Waals surface area contributed by atoms with E-state index in [0.29, 0.717) is 16.8 Å². The van der Waals surface area contributed by atoms with Gasteiger partial charge >= 0.3 is 0 Å². The molecule has 0 spiro atoms. The summed E-state index contributed by atoms with van der Waals surface area (Å²) in [5.41, 5.74) is 1.60. The van der Waals surface area contributed by atoms with Crippen molar-refractivity contribution in [1.82, 2.24) is 0 Å². The molecule has 0 saturated carbocycles. The lowest BCUT2D eigenvalue weighted by molar-refractivity contribution is 0.467. The lowest BCUT2D eigenvalue weighted by Gasteiger charge is -2.11. The first-order chi connectivity index (χ1) is 8.81. The summed E-state index contributed by atoms with van der Waals surface area (Å²) in [5, 5.41) is 9.82. The van der Waals surface area contributed by atoms with Gasteiger partial charge in [0.1, 0.15) is 9.96 Å². The monoisotopic (exact) mass is 361 g/mol. The lowest BCUT2D eigenvalue weighted by Crippen LogP contribution is -2.12. The molecule has 7 heteroatoms. The van der Waals surface area contributed by atoms with Crippen molar-refractivity contribution >= 4 is 43.0 Å². The van der Waals surface area contributed by atoms with Gasteiger partial charge in [0.05, 0.1) is 9.47 Å². The number of aromatic hydroxyl groups is 1. The summed E-state index contributed by atoms with van der Waals surface area (Å²) in [6.45, 7) is 3.43. The van der Waals surface area contributed by atoms with Gasteiger partial charge < -0.3 is 5.11 Å². The summed E-state index contributed by atoms with van der Waals surface area (Å²) >= 11 is 4.36. The highest BCUT2D eigenvalue weighted by atomic mass is 79.9. The molecule has 1 aromatic heterocycles. The van der Waals surface area contributed by atoms with Gasteiger partial charge in [-0.2, -0.15) is 0 Å². The van der Waals surface area contributed by atoms with Gasteiger partial charge in [-0.05, 0) is 53.5 Å². The molecular weight excluding hydrogens is 350 g/mol. The van der Waals surface area contributed by atoms with E-state index in [1.807, 2.05) is 0 Å². The minimum absolute atomic E-state index is 0.104. The van der Waals surface area contributed by atoms with Gasteiger partial charge in [-0.15, -0.1) is 11.3 Å². The fraction of sp³-hybridized carbons (Fsp3) is 0.167. The number of thiophene rings is 1. The van der Waals surface area contributed by atoms with Crippen molar-refractivity contribution in [3.63, 3.8) is 0 Å². The Labute approximate surface area is 124 Å². The van der Waals surface area contributed by atoms with Crippen molar-refractivity contribution in [3.05, 3.63) is 39.2 Å². The van der Waals surface area contributed by atoms with Crippen molar-refractivity contribution in [3.8, 4) is 5.75 Å². The molecule has 0 aliphatic rings. The number of nitrogens with one attached hydrogen (secondary N) is 1. The largest absolute Gasteiger partial charge is 0.507 e. The molecule has 0 bridgehead atoms. The summed E-state index contributed by atoms with van der Waals surface area (Å²) in [6.07, 6.45) is 0. The first kappa shape index (κ1) is 14.4. The maximum Gasteiger partial charge on any atom is 0.271 e. The molecule has 1 heterocycles. The molecule has 0 aliphatic heterocycles. The van der Waals surface area contributed by atoms with Gasteiger partial charge in [-0.1, -0.05) is 6.07 Å². The smallest absolute Gasteiger partial charge is 0.271 e. The number of benzene rings is 1. The average Bonchev–Trinajstić information content (AvgIpc) is 2.78. The number of halogens is 1. The lowest BCUT2D eigenvalue weighted by atomic mass is 10.1. The third kappa shape index (κ3) is 2.93. The number of aryl methyl sites for hydroxylation is 1. The second-order valence-electron chi connectivity index (χ2n) is 4.07. The van der Waals surface area contributed by atoms with Crippen LogP contribution in [-0.4, -0.2) is 13.5 Å². The van der Waals surface area contributed by atoms with Crippen molar-refractivity contribution in [2.45, 2.75) is 18.1 Å². The first-order valence-corrected chi connectivity index (χ1v) is 8.48. The Bertz CT molecular complexity index is 723. The number of hydrogen-bond donors (Lipinski definition) is 2. The van der Waals surface area contributed by atoms with Crippen LogP contribution in [0.5, 0.6) is 5.75 Å². The summed E-state index contributed by atoms with van der Waals surface area (Å²) in [6, 6.07) is 6.52. The minimum atomic E-state index is -3.62. The molecule has 0 atom stereocenters. The van der Waals surface area contributed by atoms with E-state index in [-0.39, 0.29) is 9.96 Å². The predicted molar refractivity (Wildman–Crippen MR) is 80.4 cm³/mol. The van der Waals surface area contributed by atoms with E-state index < -0.39 is 10.0 Å². The Morgan fingerprint density at radius 1 is 1.21 bits per heavy atom. The fourth-order valence-electron chi connectivity index (χ4n) is 1.58. The molecule has 2 aromatic rings. The van der Waals surface area contributed by atoms with Crippen molar-refractivity contribution in [2.24, 2.45) is 0 Å². The molecule has 2 rings (SSSR count). The number of hydrogen-bond acceptors (Lipinski definition) is 4. The Morgan fingerprint density at radius 3 is 2.47 bits per heavy atom. The highest BCUT2D eigenvalue weighted by Gasteiger charge is 2.18. The van der Waals surface area contributed by atoms with Crippen molar-refractivity contribution < 1.29 is 13.5 Å². The topological polar surface area (TPSA) is 66.4 Å². The standard InChI is InChI=1S/C12H12BrNO3S2/c1-7-3-4-9(8(2)12(7)15)14-19(16,17)11-6-5-10(13)18-11/h3-6,14-15H,1-2H3. The van der Waals surface area contributed by atoms with Crippen LogP contribution >= 0.6 is 27.3 Å². The predicted octanol–water partition coefficient (Wildman–Crippen LogP) is 3.63. The molecule has 0 saturated heterocycles. The fourth-order valence-corrected chi connectivity index (χ4v) is 4.72. The molecule has 0 amide bonds. The zero-order chi connectivity index (χ0) is 14.2. The van der Waals surface area contributed by atoms with Crippen LogP contribution in [0.2, 0.25) is 0 Å². The number of sulfonamides is 1. The van der Waals surface area contributed by atoms with Crippen LogP contribution in [0.25, 0.3) is 0 Å². The van der Waals surface area contributed by atoms with Gasteiger partial charge in [0.25, 0.3) is 10.0 Å². The molecule has 0 unspecified atom stereocenters. The molecule has 0 aliphatic carbocycles. The number of anilines is 1. The summed E-state index contributed by atoms with van der Waals surface area (Å²) in [7, 11) is -3.62. The number of phenols is 1. The van der Waals surface area contributed by atoms with Gasteiger partial charge in [-0.3, -0.25) is 4.72 Å². The minimum Gasteiger partial charge on any atom is -0.507 e. The zero-order valence-corrected chi connectivity index (χ0v) is 13.5. The molecule has 1 aromatic carbocycles. The van der Waals surface area contributed by atoms with E-state index in [1.54, 1.807) is 32.0 Å². The highest BCUT2D eigenvalue weighted by Crippen LogP contribution is 2.31. The van der Waals surface area contributed by atoms with Crippen LogP contribution in [0, 0.1) is 13.8 Å². The molecule has 19 heavy (non-hydrogen) atoms. The van der Waals surface area contributed by atoms with Crippen LogP contribution in [0.4, 0.5) is 5.69 Å². The van der Waals surface area contributed by atoms with Crippen LogP contribution in [0.3, 0.4) is 0 Å². The quantitative estimate of drug-likeness (QED) is 0.876. The third-order valence-corrected chi connectivity index (χ3v) is 6.17. The van der Waals surface area contributed by atoms with E-state index in [0.717, 1.165) is 15.1 Å². The van der Waals surface area contributed by atoms with Gasteiger partial charge in [0.15, 0.2) is 0 Å². The first-order valence-electron chi connectivity index (χ1n) is 5.38. The highest BCUT2D eigenvalue weighted by molar-refractivity contribution is 9.11. The molecule has 0 fully saturated rings. The maximum atomic E-state index is 12.2. The summed E-state index contributed by atoms with van der Waals surface area (Å²) < 4.78 is 27.8. The second kappa shape index (κ2) is 5.15. The van der Waals surface area contributed by atoms with E-state index in [4.69, 9.17) is 0 Å². The Hall–Kier alpha value is -1.05. The normalized spacial score (nSPS) is 11.5. The Kier molecular flexibility index (Phi) is 3.89. The van der Waals surface area contributed by atoms with E-state index in [1.165, 1.54) is 6.07 Å². The number of rotatable bonds is 3. The number of phenolic OH excluding ortho intramolecular Hbond substituents is 1. The van der Waals surface area contributed by atoms with Gasteiger partial charge in [0.2, 0.25) is 0 Å². The molecule has 102 valence electrons. The van der Waals surface area contributed by atoms with Crippen molar-refractivity contribution in [1.29, 1.82) is 0 Å². The summed E-state index contributed by atoms with van der Waals surface area (Å²) in [5.74, 6) is 0.104. The second-order valence-corrected chi connectivity index (χ2v) is 8.44. The molecule has 0 radical (unpaired) electrons. The van der Waals surface area contributed by atoms with Crippen LogP contribution in [0.15, 0.2) is 32.3 Å². The van der Waals surface area contributed by atoms with E-state index >= 15 is 0 Å². The molecule has 2 N–H and O–H groups in total. The van der Waals surface area contributed by atoms with Gasteiger partial charge in [0, 0.05) is 5.56 Å². The van der Waals surface area contributed by atoms with Crippen LogP contribution in [0.1, 0.15) is 11.1 Å². The molecule has 4 nitrogen and oxygen atoms in total. The Morgan fingerprint density at radius 2 is 1.89 bits per heavy atom. The third-order valence-electron chi connectivity index (χ3n) is 2.69. The zero-order valence-electron chi connectivity index (χ0n) is 10.3. The van der Waals surface area contributed by atoms with Crippen LogP contribution < -0.4 is 4.72 Å². The van der Waals surface area contributed by atoms with E-state index in [9.17, 15) is 13.5 Å². The SMILES string of the molecule is Cc1ccc(NS(=O)(=O)c2ccc(Br)s2)c(C)c1O. The summed E-state index contributed by atoms with van der Waals surface area (Å²) in [4.78, 5) is 0. The van der Waals surface area contributed by atoms with Crippen molar-refractivity contribution in [2.75, 3.05) is 4.72 Å². The Balaban J connectivity index is 2.39. The van der Waals surface area contributed by atoms with Crippen LogP contribution in [-0.2, 0) is 10.0 Å². The average molecular weight is 362 g/mol. The van der Waals surface area contributed by atoms with Gasteiger partial charge in [-0.25, -0.2) is 8.42 Å². The molecular formula is C12H12BrNO3S2. The maximum absolute atomic E-state index is 12.2.